The lowest BCUT2D eigenvalue weighted by Crippen LogP contribution is -2.58. The second-order valence-corrected chi connectivity index (χ2v) is 3.51. The van der Waals surface area contributed by atoms with Crippen LogP contribution in [0.15, 0.2) is 0 Å². The van der Waals surface area contributed by atoms with Crippen molar-refractivity contribution in [3.05, 3.63) is 0 Å². The van der Waals surface area contributed by atoms with Gasteiger partial charge in [-0.2, -0.15) is 0 Å². The van der Waals surface area contributed by atoms with Crippen LogP contribution in [0.2, 0.25) is 0 Å². The van der Waals surface area contributed by atoms with E-state index >= 15 is 0 Å². The fourth-order valence-corrected chi connectivity index (χ4v) is 1.46. The van der Waals surface area contributed by atoms with Gasteiger partial charge in [-0.05, 0) is 20.9 Å². The van der Waals surface area contributed by atoms with E-state index in [1.54, 1.807) is 25.8 Å². The molecular formula is C9H17N3O2. The van der Waals surface area contributed by atoms with Crippen LogP contribution in [0.1, 0.15) is 13.8 Å². The summed E-state index contributed by atoms with van der Waals surface area (Å²) in [6.07, 6.45) is 0. The summed E-state index contributed by atoms with van der Waals surface area (Å²) in [5, 5.41) is 5.59. The highest BCUT2D eigenvalue weighted by Gasteiger charge is 2.30. The number of piperazine rings is 1. The van der Waals surface area contributed by atoms with Gasteiger partial charge in [-0.1, -0.05) is 0 Å². The van der Waals surface area contributed by atoms with Crippen LogP contribution >= 0.6 is 0 Å². The summed E-state index contributed by atoms with van der Waals surface area (Å²) in [6, 6.07) is -0.588. The van der Waals surface area contributed by atoms with E-state index in [1.807, 2.05) is 0 Å². The van der Waals surface area contributed by atoms with E-state index in [4.69, 9.17) is 0 Å². The molecule has 1 aliphatic rings. The Bertz CT molecular complexity index is 242. The van der Waals surface area contributed by atoms with Crippen molar-refractivity contribution in [2.75, 3.05) is 20.1 Å². The maximum Gasteiger partial charge on any atom is 0.242 e. The molecule has 1 rings (SSSR count). The largest absolute Gasteiger partial charge is 0.353 e. The Morgan fingerprint density at radius 1 is 1.71 bits per heavy atom. The van der Waals surface area contributed by atoms with Crippen LogP contribution < -0.4 is 10.6 Å². The topological polar surface area (TPSA) is 61.4 Å². The first kappa shape index (κ1) is 11.0. The molecule has 0 aromatic rings. The van der Waals surface area contributed by atoms with Crippen molar-refractivity contribution in [2.24, 2.45) is 0 Å². The van der Waals surface area contributed by atoms with E-state index in [-0.39, 0.29) is 23.9 Å². The smallest absolute Gasteiger partial charge is 0.242 e. The number of carbonyl (C=O) groups excluding carboxylic acids is 2. The quantitative estimate of drug-likeness (QED) is 0.596. The van der Waals surface area contributed by atoms with Crippen LogP contribution in [0.5, 0.6) is 0 Å². The molecule has 5 heteroatoms. The maximum atomic E-state index is 11.8. The minimum absolute atomic E-state index is 0.0187. The van der Waals surface area contributed by atoms with Crippen LogP contribution in [0.4, 0.5) is 0 Å². The molecule has 2 amide bonds. The van der Waals surface area contributed by atoms with Crippen LogP contribution in [0, 0.1) is 0 Å². The highest BCUT2D eigenvalue weighted by molar-refractivity contribution is 5.90. The fraction of sp³-hybridized carbons (Fsp3) is 0.778. The number of hydrogen-bond acceptors (Lipinski definition) is 3. The van der Waals surface area contributed by atoms with Crippen LogP contribution in [-0.4, -0.2) is 48.9 Å². The molecule has 0 aromatic heterocycles. The van der Waals surface area contributed by atoms with E-state index in [0.29, 0.717) is 13.1 Å². The predicted molar refractivity (Wildman–Crippen MR) is 52.7 cm³/mol. The van der Waals surface area contributed by atoms with Gasteiger partial charge in [0.2, 0.25) is 11.8 Å². The average Bonchev–Trinajstić information content (AvgIpc) is 2.20. The van der Waals surface area contributed by atoms with E-state index in [1.165, 1.54) is 0 Å². The van der Waals surface area contributed by atoms with Crippen molar-refractivity contribution in [3.63, 3.8) is 0 Å². The highest BCUT2D eigenvalue weighted by atomic mass is 16.2. The molecule has 80 valence electrons. The van der Waals surface area contributed by atoms with Crippen molar-refractivity contribution in [1.29, 1.82) is 0 Å². The predicted octanol–water partition coefficient (Wildman–Crippen LogP) is -1.06. The molecular weight excluding hydrogens is 182 g/mol. The van der Waals surface area contributed by atoms with Crippen molar-refractivity contribution < 1.29 is 9.59 Å². The zero-order valence-corrected chi connectivity index (χ0v) is 8.83. The summed E-state index contributed by atoms with van der Waals surface area (Å²) in [4.78, 5) is 24.7. The molecule has 5 nitrogen and oxygen atoms in total. The van der Waals surface area contributed by atoms with Crippen molar-refractivity contribution >= 4 is 11.8 Å². The molecule has 0 radical (unpaired) electrons. The monoisotopic (exact) mass is 199 g/mol. The van der Waals surface area contributed by atoms with Gasteiger partial charge in [0.05, 0.1) is 6.04 Å². The number of nitrogens with zero attached hydrogens (tertiary/aromatic N) is 1. The van der Waals surface area contributed by atoms with Gasteiger partial charge >= 0.3 is 0 Å². The Kier molecular flexibility index (Phi) is 3.46. The summed E-state index contributed by atoms with van der Waals surface area (Å²) in [5.41, 5.74) is 0. The number of hydrogen-bond donors (Lipinski definition) is 2. The minimum atomic E-state index is -0.355. The highest BCUT2D eigenvalue weighted by Crippen LogP contribution is 2.05. The first-order chi connectivity index (χ1) is 6.57. The molecule has 2 atom stereocenters. The summed E-state index contributed by atoms with van der Waals surface area (Å²) >= 11 is 0. The summed E-state index contributed by atoms with van der Waals surface area (Å²) < 4.78 is 0. The Balaban J connectivity index is 2.66. The Hall–Kier alpha value is -1.10. The number of likely N-dealkylation sites (N-methyl/N-ethyl adjacent to an activating group) is 1. The maximum absolute atomic E-state index is 11.8. The second kappa shape index (κ2) is 4.41. The zero-order chi connectivity index (χ0) is 10.7. The van der Waals surface area contributed by atoms with Gasteiger partial charge in [-0.3, -0.25) is 9.59 Å². The molecule has 0 bridgehead atoms. The molecule has 1 fully saturated rings. The lowest BCUT2D eigenvalue weighted by atomic mass is 10.1. The number of carbonyl (C=O) groups is 2. The van der Waals surface area contributed by atoms with Crippen LogP contribution in [-0.2, 0) is 9.59 Å². The van der Waals surface area contributed by atoms with Gasteiger partial charge in [0.15, 0.2) is 0 Å². The number of rotatable bonds is 2. The molecule has 14 heavy (non-hydrogen) atoms. The fourth-order valence-electron chi connectivity index (χ4n) is 1.46. The molecule has 2 unspecified atom stereocenters. The van der Waals surface area contributed by atoms with Crippen molar-refractivity contribution in [2.45, 2.75) is 25.9 Å². The lowest BCUT2D eigenvalue weighted by Gasteiger charge is -2.34. The number of amides is 2. The van der Waals surface area contributed by atoms with Gasteiger partial charge in [0, 0.05) is 13.1 Å². The molecule has 1 aliphatic heterocycles. The normalized spacial score (nSPS) is 24.4. The van der Waals surface area contributed by atoms with Gasteiger partial charge in [-0.25, -0.2) is 0 Å². The van der Waals surface area contributed by atoms with Crippen LogP contribution in [0.25, 0.3) is 0 Å². The molecule has 0 spiro atoms. The Labute approximate surface area is 83.8 Å². The summed E-state index contributed by atoms with van der Waals surface area (Å²) in [5.74, 6) is -0.0947. The molecule has 1 saturated heterocycles. The zero-order valence-electron chi connectivity index (χ0n) is 8.83. The molecule has 0 saturated carbocycles. The molecule has 2 N–H and O–H groups in total. The van der Waals surface area contributed by atoms with Crippen molar-refractivity contribution in [3.8, 4) is 0 Å². The number of nitrogens with one attached hydrogen (secondary N) is 2. The van der Waals surface area contributed by atoms with Gasteiger partial charge in [0.25, 0.3) is 0 Å². The van der Waals surface area contributed by atoms with E-state index in [2.05, 4.69) is 10.6 Å². The third-order valence-corrected chi connectivity index (χ3v) is 2.59. The van der Waals surface area contributed by atoms with Crippen molar-refractivity contribution in [1.82, 2.24) is 15.5 Å². The van der Waals surface area contributed by atoms with Gasteiger partial charge < -0.3 is 15.5 Å². The van der Waals surface area contributed by atoms with E-state index < -0.39 is 0 Å². The Morgan fingerprint density at radius 2 is 2.36 bits per heavy atom. The second-order valence-electron chi connectivity index (χ2n) is 3.51. The summed E-state index contributed by atoms with van der Waals surface area (Å²) in [6.45, 7) is 4.68. The third kappa shape index (κ3) is 2.04. The minimum Gasteiger partial charge on any atom is -0.353 e. The van der Waals surface area contributed by atoms with E-state index in [9.17, 15) is 9.59 Å². The first-order valence-electron chi connectivity index (χ1n) is 4.83. The standard InChI is InChI=1S/C9H17N3O2/c1-6(10-3)9(14)12-5-4-11-8(13)7(12)2/h6-7,10H,4-5H2,1-3H3,(H,11,13). The van der Waals surface area contributed by atoms with Gasteiger partial charge in [-0.15, -0.1) is 0 Å². The van der Waals surface area contributed by atoms with Crippen LogP contribution in [0.3, 0.4) is 0 Å². The van der Waals surface area contributed by atoms with Gasteiger partial charge in [0.1, 0.15) is 6.04 Å². The average molecular weight is 199 g/mol. The summed E-state index contributed by atoms with van der Waals surface area (Å²) in [7, 11) is 1.73. The first-order valence-corrected chi connectivity index (χ1v) is 4.83. The SMILES string of the molecule is CNC(C)C(=O)N1CCNC(=O)C1C. The lowest BCUT2D eigenvalue weighted by molar-refractivity contribution is -0.143. The molecule has 0 aromatic carbocycles. The van der Waals surface area contributed by atoms with E-state index in [0.717, 1.165) is 0 Å². The molecule has 0 aliphatic carbocycles. The third-order valence-electron chi connectivity index (χ3n) is 2.59. The Morgan fingerprint density at radius 3 is 2.93 bits per heavy atom. The molecule has 1 heterocycles.